The molecule has 154 valence electrons. The average Bonchev–Trinajstić information content (AvgIpc) is 2.62. The van der Waals surface area contributed by atoms with E-state index in [1.807, 2.05) is 0 Å². The van der Waals surface area contributed by atoms with Gasteiger partial charge in [-0.2, -0.15) is 0 Å². The number of carboxylic acids is 1. The first-order valence-corrected chi connectivity index (χ1v) is 11.0. The van der Waals surface area contributed by atoms with E-state index in [-0.39, 0.29) is 5.97 Å². The molecule has 0 amide bonds. The molecule has 1 unspecified atom stereocenters. The zero-order chi connectivity index (χ0) is 19.5. The number of rotatable bonds is 19. The Balaban J connectivity index is 3.69. The lowest BCUT2D eigenvalue weighted by molar-refractivity contribution is -0.164. The summed E-state index contributed by atoms with van der Waals surface area (Å²) >= 11 is 0. The molecule has 0 heterocycles. The van der Waals surface area contributed by atoms with Crippen molar-refractivity contribution < 1.29 is 19.4 Å². The quantitative estimate of drug-likeness (QED) is 0.204. The Morgan fingerprint density at radius 3 is 1.58 bits per heavy atom. The highest BCUT2D eigenvalue weighted by Gasteiger charge is 2.21. The molecular formula is C22H42O4. The third-order valence-electron chi connectivity index (χ3n) is 4.85. The minimum absolute atomic E-state index is 0.343. The number of hydrogen-bond donors (Lipinski definition) is 1. The summed E-state index contributed by atoms with van der Waals surface area (Å²) in [5, 5.41) is 9.23. The molecule has 0 aliphatic rings. The maximum atomic E-state index is 11.9. The monoisotopic (exact) mass is 370 g/mol. The van der Waals surface area contributed by atoms with Gasteiger partial charge in [-0.1, -0.05) is 97.3 Å². The van der Waals surface area contributed by atoms with Gasteiger partial charge in [-0.15, -0.1) is 0 Å². The molecular weight excluding hydrogens is 328 g/mol. The van der Waals surface area contributed by atoms with Crippen LogP contribution in [0.1, 0.15) is 123 Å². The van der Waals surface area contributed by atoms with Crippen LogP contribution in [0.4, 0.5) is 0 Å². The van der Waals surface area contributed by atoms with Crippen LogP contribution >= 0.6 is 0 Å². The molecule has 0 saturated heterocycles. The molecule has 4 heteroatoms. The first kappa shape index (κ1) is 24.9. The van der Waals surface area contributed by atoms with Crippen LogP contribution < -0.4 is 0 Å². The molecule has 0 aromatic heterocycles. The third kappa shape index (κ3) is 16.4. The summed E-state index contributed by atoms with van der Waals surface area (Å²) in [6, 6.07) is 0. The second-order valence-corrected chi connectivity index (χ2v) is 7.45. The summed E-state index contributed by atoms with van der Waals surface area (Å²) in [7, 11) is 0. The summed E-state index contributed by atoms with van der Waals surface area (Å²) in [4.78, 5) is 23.1. The van der Waals surface area contributed by atoms with Gasteiger partial charge < -0.3 is 9.84 Å². The van der Waals surface area contributed by atoms with Crippen LogP contribution in [-0.2, 0) is 14.3 Å². The summed E-state index contributed by atoms with van der Waals surface area (Å²) in [6.45, 7) is 4.41. The van der Waals surface area contributed by atoms with Crippen molar-refractivity contribution in [2.75, 3.05) is 0 Å². The van der Waals surface area contributed by atoms with Crippen LogP contribution in [0.15, 0.2) is 0 Å². The van der Waals surface area contributed by atoms with Crippen molar-refractivity contribution in [2.45, 2.75) is 129 Å². The number of carbonyl (C=O) groups is 2. The van der Waals surface area contributed by atoms with E-state index in [9.17, 15) is 14.7 Å². The van der Waals surface area contributed by atoms with E-state index in [4.69, 9.17) is 4.74 Å². The predicted octanol–water partition coefficient (Wildman–Crippen LogP) is 6.65. The van der Waals surface area contributed by atoms with Crippen molar-refractivity contribution in [1.82, 2.24) is 0 Å². The van der Waals surface area contributed by atoms with E-state index in [2.05, 4.69) is 13.8 Å². The van der Waals surface area contributed by atoms with E-state index in [0.29, 0.717) is 12.8 Å². The lowest BCUT2D eigenvalue weighted by Crippen LogP contribution is -2.27. The Hall–Kier alpha value is -1.06. The van der Waals surface area contributed by atoms with Gasteiger partial charge in [-0.25, -0.2) is 4.79 Å². The fourth-order valence-corrected chi connectivity index (χ4v) is 3.14. The molecule has 0 spiro atoms. The highest BCUT2D eigenvalue weighted by molar-refractivity contribution is 5.77. The summed E-state index contributed by atoms with van der Waals surface area (Å²) < 4.78 is 5.18. The third-order valence-corrected chi connectivity index (χ3v) is 4.85. The first-order valence-electron chi connectivity index (χ1n) is 11.0. The van der Waals surface area contributed by atoms with Gasteiger partial charge in [-0.05, 0) is 19.3 Å². The Bertz CT molecular complexity index is 341. The van der Waals surface area contributed by atoms with Gasteiger partial charge >= 0.3 is 11.9 Å². The molecule has 1 N–H and O–H groups in total. The minimum atomic E-state index is -1.01. The van der Waals surface area contributed by atoms with Crippen LogP contribution in [0.3, 0.4) is 0 Å². The second kappa shape index (κ2) is 18.7. The summed E-state index contributed by atoms with van der Waals surface area (Å²) in [6.07, 6.45) is 17.1. The molecule has 0 aliphatic carbocycles. The molecule has 0 radical (unpaired) electrons. The molecule has 26 heavy (non-hydrogen) atoms. The standard InChI is InChI=1S/C22H42O4/c1-3-5-7-9-11-13-15-17-19-21(23)26-20(22(24)25)18-16-14-12-10-8-6-4-2/h20H,3-19H2,1-2H3,(H,24,25). The summed E-state index contributed by atoms with van der Waals surface area (Å²) in [5.41, 5.74) is 0. The van der Waals surface area contributed by atoms with Crippen molar-refractivity contribution in [1.29, 1.82) is 0 Å². The van der Waals surface area contributed by atoms with Crippen molar-refractivity contribution in [2.24, 2.45) is 0 Å². The number of unbranched alkanes of at least 4 members (excludes halogenated alkanes) is 13. The Labute approximate surface area is 161 Å². The maximum absolute atomic E-state index is 11.9. The molecule has 0 rings (SSSR count). The maximum Gasteiger partial charge on any atom is 0.345 e. The summed E-state index contributed by atoms with van der Waals surface area (Å²) in [5.74, 6) is -1.37. The molecule has 4 nitrogen and oxygen atoms in total. The first-order chi connectivity index (χ1) is 12.6. The smallest absolute Gasteiger partial charge is 0.345 e. The SMILES string of the molecule is CCCCCCCCCCC(=O)OC(CCCCCCCCC)C(=O)O. The van der Waals surface area contributed by atoms with Crippen molar-refractivity contribution in [3.8, 4) is 0 Å². The van der Waals surface area contributed by atoms with E-state index in [0.717, 1.165) is 38.5 Å². The van der Waals surface area contributed by atoms with Crippen LogP contribution in [-0.4, -0.2) is 23.1 Å². The Morgan fingerprint density at radius 2 is 1.12 bits per heavy atom. The van der Waals surface area contributed by atoms with Gasteiger partial charge in [0.25, 0.3) is 0 Å². The number of esters is 1. The number of aliphatic carboxylic acids is 1. The molecule has 1 atom stereocenters. The molecule has 0 aromatic carbocycles. The predicted molar refractivity (Wildman–Crippen MR) is 107 cm³/mol. The van der Waals surface area contributed by atoms with Gasteiger partial charge in [0.05, 0.1) is 0 Å². The zero-order valence-corrected chi connectivity index (χ0v) is 17.3. The van der Waals surface area contributed by atoms with Gasteiger partial charge in [0.15, 0.2) is 6.10 Å². The molecule has 0 fully saturated rings. The largest absolute Gasteiger partial charge is 0.479 e. The van der Waals surface area contributed by atoms with Crippen molar-refractivity contribution in [3.63, 3.8) is 0 Å². The average molecular weight is 371 g/mol. The van der Waals surface area contributed by atoms with Gasteiger partial charge in [-0.3, -0.25) is 4.79 Å². The van der Waals surface area contributed by atoms with Crippen molar-refractivity contribution in [3.05, 3.63) is 0 Å². The molecule has 0 aliphatic heterocycles. The zero-order valence-electron chi connectivity index (χ0n) is 17.3. The Kier molecular flexibility index (Phi) is 18.0. The molecule has 0 aromatic rings. The topological polar surface area (TPSA) is 63.6 Å². The number of carboxylic acid groups (broad SMARTS) is 1. The Morgan fingerprint density at radius 1 is 0.692 bits per heavy atom. The van der Waals surface area contributed by atoms with Crippen LogP contribution in [0.25, 0.3) is 0 Å². The fraction of sp³-hybridized carbons (Fsp3) is 0.909. The highest BCUT2D eigenvalue weighted by atomic mass is 16.6. The van der Waals surface area contributed by atoms with Crippen LogP contribution in [0.5, 0.6) is 0 Å². The van der Waals surface area contributed by atoms with Gasteiger partial charge in [0.1, 0.15) is 0 Å². The number of carbonyl (C=O) groups excluding carboxylic acids is 1. The minimum Gasteiger partial charge on any atom is -0.479 e. The van der Waals surface area contributed by atoms with E-state index in [1.165, 1.54) is 57.8 Å². The lowest BCUT2D eigenvalue weighted by atomic mass is 10.1. The highest BCUT2D eigenvalue weighted by Crippen LogP contribution is 2.14. The second-order valence-electron chi connectivity index (χ2n) is 7.45. The molecule has 0 bridgehead atoms. The molecule has 0 saturated carbocycles. The van der Waals surface area contributed by atoms with Gasteiger partial charge in [0.2, 0.25) is 0 Å². The van der Waals surface area contributed by atoms with E-state index >= 15 is 0 Å². The normalized spacial score (nSPS) is 12.1. The van der Waals surface area contributed by atoms with Crippen LogP contribution in [0, 0.1) is 0 Å². The lowest BCUT2D eigenvalue weighted by Gasteiger charge is -2.13. The fourth-order valence-electron chi connectivity index (χ4n) is 3.14. The van der Waals surface area contributed by atoms with E-state index in [1.54, 1.807) is 0 Å². The van der Waals surface area contributed by atoms with Crippen molar-refractivity contribution >= 4 is 11.9 Å². The van der Waals surface area contributed by atoms with E-state index < -0.39 is 12.1 Å². The number of ether oxygens (including phenoxy) is 1. The van der Waals surface area contributed by atoms with Crippen LogP contribution in [0.2, 0.25) is 0 Å². The number of hydrogen-bond acceptors (Lipinski definition) is 3. The van der Waals surface area contributed by atoms with Gasteiger partial charge in [0, 0.05) is 6.42 Å².